The second-order valence-electron chi connectivity index (χ2n) is 7.04. The van der Waals surface area contributed by atoms with E-state index in [-0.39, 0.29) is 12.1 Å². The third kappa shape index (κ3) is 2.69. The summed E-state index contributed by atoms with van der Waals surface area (Å²) in [4.78, 5) is 26.0. The van der Waals surface area contributed by atoms with Crippen LogP contribution in [0, 0.1) is 11.7 Å². The van der Waals surface area contributed by atoms with Gasteiger partial charge in [-0.3, -0.25) is 14.5 Å². The molecular formula is C18H21FN4O4. The van der Waals surface area contributed by atoms with E-state index in [0.717, 1.165) is 19.0 Å². The van der Waals surface area contributed by atoms with Gasteiger partial charge in [0, 0.05) is 26.3 Å². The van der Waals surface area contributed by atoms with Crippen molar-refractivity contribution in [3.63, 3.8) is 0 Å². The summed E-state index contributed by atoms with van der Waals surface area (Å²) in [6, 6.07) is 1.13. The second-order valence-corrected chi connectivity index (χ2v) is 7.04. The Morgan fingerprint density at radius 2 is 2.26 bits per heavy atom. The largest absolute Gasteiger partial charge is 0.477 e. The van der Waals surface area contributed by atoms with Crippen molar-refractivity contribution in [1.82, 2.24) is 9.99 Å². The van der Waals surface area contributed by atoms with Gasteiger partial charge >= 0.3 is 5.97 Å². The molecule has 2 aliphatic heterocycles. The van der Waals surface area contributed by atoms with Crippen LogP contribution in [0.3, 0.4) is 0 Å². The van der Waals surface area contributed by atoms with Crippen LogP contribution >= 0.6 is 0 Å². The van der Waals surface area contributed by atoms with Gasteiger partial charge in [-0.2, -0.15) is 0 Å². The van der Waals surface area contributed by atoms with Gasteiger partial charge in [0.25, 0.3) is 0 Å². The zero-order valence-corrected chi connectivity index (χ0v) is 15.2. The molecule has 0 aliphatic carbocycles. The lowest BCUT2D eigenvalue weighted by atomic mass is 10.1. The van der Waals surface area contributed by atoms with Gasteiger partial charge in [0.1, 0.15) is 16.8 Å². The van der Waals surface area contributed by atoms with Crippen molar-refractivity contribution >= 4 is 22.6 Å². The molecule has 0 radical (unpaired) electrons. The highest BCUT2D eigenvalue weighted by Gasteiger charge is 2.32. The standard InChI is InChI=1S/C18H21FN4O4/c1-20-6-10-3-4-22(7-10)15-13(19)5-11-14-17(15)27-9-21(2)23(14)8-12(16(11)24)18(25)26/h5,8,10,20H,3-4,6-7,9H2,1-2H3,(H,25,26). The van der Waals surface area contributed by atoms with Crippen molar-refractivity contribution in [2.45, 2.75) is 6.42 Å². The maximum atomic E-state index is 15.1. The molecule has 0 spiro atoms. The van der Waals surface area contributed by atoms with Gasteiger partial charge in [-0.25, -0.2) is 9.18 Å². The van der Waals surface area contributed by atoms with Gasteiger partial charge in [-0.15, -0.1) is 0 Å². The highest BCUT2D eigenvalue weighted by Crippen LogP contribution is 2.41. The molecule has 9 heteroatoms. The average molecular weight is 376 g/mol. The molecule has 4 rings (SSSR count). The number of aromatic nitrogens is 1. The lowest BCUT2D eigenvalue weighted by Crippen LogP contribution is -2.40. The molecule has 2 aromatic rings. The SMILES string of the molecule is CNCC1CCN(c2c(F)cc3c(=O)c(C(=O)O)cn4c3c2OCN4C)C1. The fraction of sp³-hybridized carbons (Fsp3) is 0.444. The molecule has 1 aromatic heterocycles. The molecule has 0 saturated carbocycles. The van der Waals surface area contributed by atoms with Crippen LogP contribution in [0.4, 0.5) is 10.1 Å². The van der Waals surface area contributed by atoms with E-state index in [1.807, 2.05) is 11.9 Å². The fourth-order valence-electron chi connectivity index (χ4n) is 3.96. The number of carboxylic acids is 1. The molecule has 1 fully saturated rings. The Morgan fingerprint density at radius 1 is 1.48 bits per heavy atom. The Kier molecular flexibility index (Phi) is 4.18. The first-order valence-corrected chi connectivity index (χ1v) is 8.81. The Balaban J connectivity index is 1.94. The van der Waals surface area contributed by atoms with Crippen molar-refractivity contribution in [1.29, 1.82) is 0 Å². The first-order valence-electron chi connectivity index (χ1n) is 8.81. The lowest BCUT2D eigenvalue weighted by Gasteiger charge is -2.33. The highest BCUT2D eigenvalue weighted by atomic mass is 19.1. The summed E-state index contributed by atoms with van der Waals surface area (Å²) in [6.45, 7) is 2.34. The number of halogens is 1. The minimum absolute atomic E-state index is 0.00340. The molecule has 1 aromatic carbocycles. The lowest BCUT2D eigenvalue weighted by molar-refractivity contribution is 0.0694. The van der Waals surface area contributed by atoms with Crippen molar-refractivity contribution in [2.75, 3.05) is 50.4 Å². The highest BCUT2D eigenvalue weighted by molar-refractivity contribution is 5.97. The number of hydrogen-bond acceptors (Lipinski definition) is 6. The summed E-state index contributed by atoms with van der Waals surface area (Å²) in [5.41, 5.74) is -0.379. The Hall–Kier alpha value is -2.81. The minimum Gasteiger partial charge on any atom is -0.477 e. The average Bonchev–Trinajstić information content (AvgIpc) is 3.07. The Labute approximate surface area is 154 Å². The number of hydrogen-bond donors (Lipinski definition) is 2. The van der Waals surface area contributed by atoms with Gasteiger partial charge in [-0.1, -0.05) is 0 Å². The number of carbonyl (C=O) groups is 1. The van der Waals surface area contributed by atoms with Gasteiger partial charge in [0.15, 0.2) is 18.3 Å². The molecule has 0 amide bonds. The van der Waals surface area contributed by atoms with Gasteiger partial charge in [-0.05, 0) is 32.0 Å². The minimum atomic E-state index is -1.34. The molecule has 3 heterocycles. The number of ether oxygens (including phenoxy) is 1. The number of pyridine rings is 1. The van der Waals surface area contributed by atoms with Crippen LogP contribution < -0.4 is 25.4 Å². The third-order valence-electron chi connectivity index (χ3n) is 5.24. The van der Waals surface area contributed by atoms with Gasteiger partial charge in [0.05, 0.1) is 5.39 Å². The Morgan fingerprint density at radius 3 is 2.96 bits per heavy atom. The van der Waals surface area contributed by atoms with Crippen molar-refractivity contribution in [3.8, 4) is 5.75 Å². The van der Waals surface area contributed by atoms with Crippen LogP contribution in [-0.2, 0) is 0 Å². The van der Waals surface area contributed by atoms with E-state index >= 15 is 4.39 Å². The maximum Gasteiger partial charge on any atom is 0.341 e. The number of rotatable bonds is 4. The number of benzene rings is 1. The van der Waals surface area contributed by atoms with Crippen molar-refractivity contribution < 1.29 is 19.0 Å². The number of nitrogens with zero attached hydrogens (tertiary/aromatic N) is 3. The normalized spacial score (nSPS) is 18.9. The first kappa shape index (κ1) is 17.6. The zero-order valence-electron chi connectivity index (χ0n) is 15.2. The predicted octanol–water partition coefficient (Wildman–Crippen LogP) is 0.802. The summed E-state index contributed by atoms with van der Waals surface area (Å²) >= 11 is 0. The molecule has 1 unspecified atom stereocenters. The molecule has 8 nitrogen and oxygen atoms in total. The van der Waals surface area contributed by atoms with E-state index in [4.69, 9.17) is 4.74 Å². The fourth-order valence-corrected chi connectivity index (χ4v) is 3.96. The van der Waals surface area contributed by atoms with Crippen LogP contribution in [-0.4, -0.2) is 56.2 Å². The molecule has 1 atom stereocenters. The monoisotopic (exact) mass is 376 g/mol. The van der Waals surface area contributed by atoms with Gasteiger partial charge < -0.3 is 20.1 Å². The third-order valence-corrected chi connectivity index (χ3v) is 5.24. The molecule has 2 aliphatic rings. The predicted molar refractivity (Wildman–Crippen MR) is 99.0 cm³/mol. The van der Waals surface area contributed by atoms with Crippen LogP contribution in [0.15, 0.2) is 17.1 Å². The molecule has 27 heavy (non-hydrogen) atoms. The molecule has 144 valence electrons. The number of nitrogens with one attached hydrogen (secondary N) is 1. The quantitative estimate of drug-likeness (QED) is 0.816. The van der Waals surface area contributed by atoms with E-state index in [1.165, 1.54) is 6.20 Å². The molecule has 1 saturated heterocycles. The van der Waals surface area contributed by atoms with E-state index in [9.17, 15) is 14.7 Å². The van der Waals surface area contributed by atoms with E-state index in [2.05, 4.69) is 5.32 Å². The second kappa shape index (κ2) is 6.41. The number of anilines is 1. The van der Waals surface area contributed by atoms with Crippen LogP contribution in [0.5, 0.6) is 5.75 Å². The summed E-state index contributed by atoms with van der Waals surface area (Å²) < 4.78 is 22.4. The topological polar surface area (TPSA) is 87.0 Å². The van der Waals surface area contributed by atoms with Crippen molar-refractivity contribution in [2.24, 2.45) is 5.92 Å². The maximum absolute atomic E-state index is 15.1. The summed E-state index contributed by atoms with van der Waals surface area (Å²) in [6.07, 6.45) is 2.21. The first-order chi connectivity index (χ1) is 12.9. The summed E-state index contributed by atoms with van der Waals surface area (Å²) in [5.74, 6) is -1.22. The van der Waals surface area contributed by atoms with E-state index < -0.39 is 22.8 Å². The number of aromatic carboxylic acids is 1. The Bertz CT molecular complexity index is 990. The number of carboxylic acid groups (broad SMARTS) is 1. The van der Waals surface area contributed by atoms with Crippen molar-refractivity contribution in [3.05, 3.63) is 33.9 Å². The van der Waals surface area contributed by atoms with E-state index in [1.54, 1.807) is 16.7 Å². The molecule has 2 N–H and O–H groups in total. The molecule has 0 bridgehead atoms. The van der Waals surface area contributed by atoms with Crippen LogP contribution in [0.25, 0.3) is 10.9 Å². The molecular weight excluding hydrogens is 355 g/mol. The van der Waals surface area contributed by atoms with E-state index in [0.29, 0.717) is 36.0 Å². The summed E-state index contributed by atoms with van der Waals surface area (Å²) in [5, 5.41) is 14.1. The van der Waals surface area contributed by atoms with Crippen LogP contribution in [0.2, 0.25) is 0 Å². The smallest absolute Gasteiger partial charge is 0.341 e. The van der Waals surface area contributed by atoms with Gasteiger partial charge in [0.2, 0.25) is 5.43 Å². The zero-order chi connectivity index (χ0) is 19.3. The van der Waals surface area contributed by atoms with Crippen LogP contribution in [0.1, 0.15) is 16.8 Å². The summed E-state index contributed by atoms with van der Waals surface area (Å²) in [7, 11) is 3.60.